The van der Waals surface area contributed by atoms with Crippen molar-refractivity contribution in [3.05, 3.63) is 76.6 Å². The third-order valence-corrected chi connectivity index (χ3v) is 6.15. The zero-order valence-electron chi connectivity index (χ0n) is 20.2. The zero-order chi connectivity index (χ0) is 24.2. The number of rotatable bonds is 5. The van der Waals surface area contributed by atoms with Gasteiger partial charge in [0.05, 0.1) is 28.9 Å². The first-order valence-electron chi connectivity index (χ1n) is 11.2. The summed E-state index contributed by atoms with van der Waals surface area (Å²) in [6, 6.07) is 11.2. The van der Waals surface area contributed by atoms with E-state index in [0.29, 0.717) is 23.7 Å². The minimum Gasteiger partial charge on any atom is -0.493 e. The first kappa shape index (κ1) is 29.6. The summed E-state index contributed by atoms with van der Waals surface area (Å²) in [5.41, 5.74) is 8.88. The Hall–Kier alpha value is -2.65. The standard InChI is InChI=1S/C17H21ClFN3O.C8H7N3.2ClH/c1-4-23-17-13(11(3)22-6-5-10(2)21-22)7-14(18)16(19)15(17)12-8-20-9-12;9-8-6-3-1-2-4-7(6)10-5-11-8;;/h5-7,11-12,20H,4,8-9H2,1-3H3;1-5H,(H2,9,10,11);2*1H. The summed E-state index contributed by atoms with van der Waals surface area (Å²) in [7, 11) is 0. The maximum atomic E-state index is 14.6. The van der Waals surface area contributed by atoms with Crippen LogP contribution in [0.5, 0.6) is 5.75 Å². The van der Waals surface area contributed by atoms with Gasteiger partial charge in [0.1, 0.15) is 23.7 Å². The third-order valence-electron chi connectivity index (χ3n) is 5.88. The lowest BCUT2D eigenvalue weighted by molar-refractivity contribution is 0.314. The van der Waals surface area contributed by atoms with Crippen LogP contribution in [-0.2, 0) is 0 Å². The summed E-state index contributed by atoms with van der Waals surface area (Å²) in [5, 5.41) is 8.69. The average Bonchev–Trinajstić information content (AvgIpc) is 3.24. The molecule has 11 heteroatoms. The number of nitrogen functional groups attached to an aromatic ring is 1. The molecule has 1 aliphatic rings. The highest BCUT2D eigenvalue weighted by molar-refractivity contribution is 6.31. The minimum atomic E-state index is -0.366. The van der Waals surface area contributed by atoms with Gasteiger partial charge in [-0.15, -0.1) is 24.8 Å². The minimum absolute atomic E-state index is 0. The number of nitrogens with zero attached hydrogens (tertiary/aromatic N) is 4. The van der Waals surface area contributed by atoms with Gasteiger partial charge in [-0.05, 0) is 45.0 Å². The van der Waals surface area contributed by atoms with Crippen molar-refractivity contribution in [2.75, 3.05) is 25.4 Å². The molecular formula is C25H30Cl3FN6O. The molecule has 2 aromatic heterocycles. The lowest BCUT2D eigenvalue weighted by Gasteiger charge is -2.31. The third kappa shape index (κ3) is 6.18. The summed E-state index contributed by atoms with van der Waals surface area (Å²) in [6.07, 6.45) is 3.38. The van der Waals surface area contributed by atoms with E-state index in [1.165, 1.54) is 6.33 Å². The molecule has 0 aliphatic carbocycles. The lowest BCUT2D eigenvalue weighted by Crippen LogP contribution is -2.40. The molecule has 1 saturated heterocycles. The van der Waals surface area contributed by atoms with Gasteiger partial charge >= 0.3 is 0 Å². The molecule has 1 aliphatic heterocycles. The Morgan fingerprint density at radius 2 is 1.94 bits per heavy atom. The van der Waals surface area contributed by atoms with Crippen molar-refractivity contribution in [3.63, 3.8) is 0 Å². The molecule has 3 N–H and O–H groups in total. The highest BCUT2D eigenvalue weighted by Gasteiger charge is 2.31. The molecule has 5 rings (SSSR count). The SMILES string of the molecule is CCOc1c(C(C)n2ccc(C)n2)cc(Cl)c(F)c1C1CNC1.Cl.Cl.Nc1ncnc2ccccc12. The number of hydrogen-bond acceptors (Lipinski definition) is 6. The van der Waals surface area contributed by atoms with Crippen LogP contribution in [0, 0.1) is 12.7 Å². The molecule has 1 fully saturated rings. The van der Waals surface area contributed by atoms with Crippen LogP contribution in [-0.4, -0.2) is 39.4 Å². The number of aromatic nitrogens is 4. The molecule has 2 aromatic carbocycles. The van der Waals surface area contributed by atoms with Crippen molar-refractivity contribution in [3.8, 4) is 5.75 Å². The number of fused-ring (bicyclic) bond motifs is 1. The van der Waals surface area contributed by atoms with Crippen molar-refractivity contribution >= 4 is 53.1 Å². The number of para-hydroxylation sites is 1. The van der Waals surface area contributed by atoms with Crippen molar-refractivity contribution in [2.24, 2.45) is 0 Å². The monoisotopic (exact) mass is 554 g/mol. The van der Waals surface area contributed by atoms with Crippen LogP contribution in [0.25, 0.3) is 10.9 Å². The van der Waals surface area contributed by atoms with Gasteiger partial charge in [0.2, 0.25) is 0 Å². The van der Waals surface area contributed by atoms with Gasteiger partial charge < -0.3 is 15.8 Å². The molecule has 0 spiro atoms. The second-order valence-electron chi connectivity index (χ2n) is 8.18. The zero-order valence-corrected chi connectivity index (χ0v) is 22.6. The molecule has 194 valence electrons. The fraction of sp³-hybridized carbons (Fsp3) is 0.320. The number of anilines is 1. The van der Waals surface area contributed by atoms with Gasteiger partial charge in [-0.2, -0.15) is 5.10 Å². The van der Waals surface area contributed by atoms with E-state index < -0.39 is 0 Å². The van der Waals surface area contributed by atoms with E-state index in [1.807, 2.05) is 62.0 Å². The summed E-state index contributed by atoms with van der Waals surface area (Å²) in [5.74, 6) is 0.881. The number of halogens is 4. The van der Waals surface area contributed by atoms with Gasteiger partial charge in [0, 0.05) is 41.7 Å². The van der Waals surface area contributed by atoms with Crippen LogP contribution in [0.3, 0.4) is 0 Å². The van der Waals surface area contributed by atoms with E-state index in [4.69, 9.17) is 22.1 Å². The Labute approximate surface area is 227 Å². The average molecular weight is 556 g/mol. The molecule has 1 atom stereocenters. The maximum Gasteiger partial charge on any atom is 0.149 e. The van der Waals surface area contributed by atoms with Crippen LogP contribution in [0.4, 0.5) is 10.2 Å². The highest BCUT2D eigenvalue weighted by Crippen LogP contribution is 2.41. The van der Waals surface area contributed by atoms with E-state index >= 15 is 0 Å². The highest BCUT2D eigenvalue weighted by atomic mass is 35.5. The predicted octanol–water partition coefficient (Wildman–Crippen LogP) is 5.73. The van der Waals surface area contributed by atoms with Crippen molar-refractivity contribution in [1.82, 2.24) is 25.1 Å². The molecule has 36 heavy (non-hydrogen) atoms. The number of aryl methyl sites for hydroxylation is 1. The fourth-order valence-electron chi connectivity index (χ4n) is 3.94. The van der Waals surface area contributed by atoms with E-state index in [1.54, 1.807) is 6.07 Å². The Balaban J connectivity index is 0.000000296. The Morgan fingerprint density at radius 1 is 1.22 bits per heavy atom. The molecular weight excluding hydrogens is 526 g/mol. The predicted molar refractivity (Wildman–Crippen MR) is 147 cm³/mol. The first-order valence-corrected chi connectivity index (χ1v) is 11.6. The second-order valence-corrected chi connectivity index (χ2v) is 8.59. The number of ether oxygens (including phenoxy) is 1. The Kier molecular flexibility index (Phi) is 10.7. The molecule has 0 amide bonds. The molecule has 1 unspecified atom stereocenters. The molecule has 0 saturated carbocycles. The molecule has 0 bridgehead atoms. The van der Waals surface area contributed by atoms with Gasteiger partial charge in [-0.25, -0.2) is 14.4 Å². The van der Waals surface area contributed by atoms with E-state index in [-0.39, 0.29) is 47.6 Å². The quantitative estimate of drug-likeness (QED) is 0.327. The van der Waals surface area contributed by atoms with Crippen molar-refractivity contribution in [2.45, 2.75) is 32.7 Å². The second kappa shape index (κ2) is 13.1. The van der Waals surface area contributed by atoms with Gasteiger partial charge in [-0.1, -0.05) is 23.7 Å². The summed E-state index contributed by atoms with van der Waals surface area (Å²) >= 11 is 6.17. The van der Waals surface area contributed by atoms with Crippen LogP contribution in [0.15, 0.2) is 48.9 Å². The molecule has 3 heterocycles. The number of benzene rings is 2. The normalized spacial score (nSPS) is 13.5. The van der Waals surface area contributed by atoms with E-state index in [0.717, 1.165) is 35.2 Å². The maximum absolute atomic E-state index is 14.6. The van der Waals surface area contributed by atoms with Crippen LogP contribution < -0.4 is 15.8 Å². The molecule has 0 radical (unpaired) electrons. The molecule has 4 aromatic rings. The lowest BCUT2D eigenvalue weighted by atomic mass is 9.89. The van der Waals surface area contributed by atoms with E-state index in [2.05, 4.69) is 20.4 Å². The van der Waals surface area contributed by atoms with Crippen molar-refractivity contribution < 1.29 is 9.13 Å². The largest absolute Gasteiger partial charge is 0.493 e. The summed E-state index contributed by atoms with van der Waals surface area (Å²) in [6.45, 7) is 7.82. The van der Waals surface area contributed by atoms with Gasteiger partial charge in [0.15, 0.2) is 0 Å². The van der Waals surface area contributed by atoms with E-state index in [9.17, 15) is 4.39 Å². The summed E-state index contributed by atoms with van der Waals surface area (Å²) < 4.78 is 22.3. The van der Waals surface area contributed by atoms with Crippen molar-refractivity contribution in [1.29, 1.82) is 0 Å². The smallest absolute Gasteiger partial charge is 0.149 e. The Bertz CT molecular complexity index is 1290. The van der Waals surface area contributed by atoms with Gasteiger partial charge in [-0.3, -0.25) is 4.68 Å². The first-order chi connectivity index (χ1) is 16.4. The number of nitrogens with two attached hydrogens (primary N) is 1. The van der Waals surface area contributed by atoms with Crippen LogP contribution >= 0.6 is 36.4 Å². The fourth-order valence-corrected chi connectivity index (χ4v) is 4.16. The Morgan fingerprint density at radius 3 is 2.53 bits per heavy atom. The summed E-state index contributed by atoms with van der Waals surface area (Å²) in [4.78, 5) is 7.92. The van der Waals surface area contributed by atoms with Crippen LogP contribution in [0.2, 0.25) is 5.02 Å². The topological polar surface area (TPSA) is 90.9 Å². The number of hydrogen-bond donors (Lipinski definition) is 2. The van der Waals surface area contributed by atoms with Crippen LogP contribution in [0.1, 0.15) is 42.6 Å². The molecule has 7 nitrogen and oxygen atoms in total. The number of nitrogens with one attached hydrogen (secondary N) is 1. The van der Waals surface area contributed by atoms with Gasteiger partial charge in [0.25, 0.3) is 0 Å².